The van der Waals surface area contributed by atoms with Gasteiger partial charge in [-0.15, -0.1) is 0 Å². The summed E-state index contributed by atoms with van der Waals surface area (Å²) >= 11 is 11.6. The number of nitrogens with one attached hydrogen (secondary N) is 1. The third-order valence-electron chi connectivity index (χ3n) is 4.25. The number of rotatable bonds is 3. The first-order valence-corrected chi connectivity index (χ1v) is 8.87. The van der Waals surface area contributed by atoms with E-state index in [1.54, 1.807) is 17.0 Å². The minimum absolute atomic E-state index is 0.0658. The Hall–Kier alpha value is -2.18. The second-order valence-electron chi connectivity index (χ2n) is 6.02. The molecule has 1 aliphatic heterocycles. The first-order chi connectivity index (χ1) is 12.4. The molecular weight excluding hydrogens is 380 g/mol. The van der Waals surface area contributed by atoms with E-state index in [1.165, 1.54) is 24.3 Å². The number of benzene rings is 1. The average molecular weight is 396 g/mol. The van der Waals surface area contributed by atoms with Crippen LogP contribution in [0, 0.1) is 5.82 Å². The van der Waals surface area contributed by atoms with Crippen LogP contribution >= 0.6 is 23.2 Å². The fourth-order valence-corrected chi connectivity index (χ4v) is 3.36. The number of amides is 2. The quantitative estimate of drug-likeness (QED) is 0.808. The average Bonchev–Trinajstić information content (AvgIpc) is 2.61. The SMILES string of the molecule is O=C(NC1CCN(C(=O)c2ccccc2F)CC1)c1cc(Cl)nc(Cl)c1. The zero-order valence-electron chi connectivity index (χ0n) is 13.7. The zero-order chi connectivity index (χ0) is 18.7. The van der Waals surface area contributed by atoms with E-state index >= 15 is 0 Å². The third kappa shape index (κ3) is 4.31. The molecule has 0 spiro atoms. The molecule has 0 aliphatic carbocycles. The van der Waals surface area contributed by atoms with Crippen molar-refractivity contribution in [2.75, 3.05) is 13.1 Å². The second-order valence-corrected chi connectivity index (χ2v) is 6.80. The predicted molar refractivity (Wildman–Crippen MR) is 97.0 cm³/mol. The summed E-state index contributed by atoms with van der Waals surface area (Å²) in [5, 5.41) is 3.20. The van der Waals surface area contributed by atoms with Crippen LogP contribution in [0.25, 0.3) is 0 Å². The van der Waals surface area contributed by atoms with Gasteiger partial charge in [-0.2, -0.15) is 0 Å². The Balaban J connectivity index is 1.58. The van der Waals surface area contributed by atoms with Crippen molar-refractivity contribution in [3.05, 3.63) is 63.6 Å². The Morgan fingerprint density at radius 3 is 2.35 bits per heavy atom. The standard InChI is InChI=1S/C18H16Cl2FN3O2/c19-15-9-11(10-16(20)23-15)17(25)22-12-5-7-24(8-6-12)18(26)13-3-1-2-4-14(13)21/h1-4,9-10,12H,5-8H2,(H,22,25). The van der Waals surface area contributed by atoms with Crippen LogP contribution in [0.2, 0.25) is 10.3 Å². The van der Waals surface area contributed by atoms with Crippen molar-refractivity contribution in [3.8, 4) is 0 Å². The van der Waals surface area contributed by atoms with Gasteiger partial charge in [0.05, 0.1) is 5.56 Å². The van der Waals surface area contributed by atoms with E-state index in [0.29, 0.717) is 31.5 Å². The van der Waals surface area contributed by atoms with E-state index in [1.807, 2.05) is 0 Å². The van der Waals surface area contributed by atoms with E-state index in [-0.39, 0.29) is 33.7 Å². The molecule has 26 heavy (non-hydrogen) atoms. The zero-order valence-corrected chi connectivity index (χ0v) is 15.2. The van der Waals surface area contributed by atoms with Crippen molar-refractivity contribution >= 4 is 35.0 Å². The van der Waals surface area contributed by atoms with Gasteiger partial charge >= 0.3 is 0 Å². The molecule has 5 nitrogen and oxygen atoms in total. The largest absolute Gasteiger partial charge is 0.349 e. The van der Waals surface area contributed by atoms with E-state index in [4.69, 9.17) is 23.2 Å². The summed E-state index contributed by atoms with van der Waals surface area (Å²) in [6.07, 6.45) is 1.16. The Morgan fingerprint density at radius 1 is 1.12 bits per heavy atom. The summed E-state index contributed by atoms with van der Waals surface area (Å²) in [5.41, 5.74) is 0.399. The number of carbonyl (C=O) groups is 2. The van der Waals surface area contributed by atoms with Crippen molar-refractivity contribution < 1.29 is 14.0 Å². The number of hydrogen-bond donors (Lipinski definition) is 1. The Kier molecular flexibility index (Phi) is 5.74. The van der Waals surface area contributed by atoms with Crippen molar-refractivity contribution in [3.63, 3.8) is 0 Å². The number of hydrogen-bond acceptors (Lipinski definition) is 3. The number of nitrogens with zero attached hydrogens (tertiary/aromatic N) is 2. The highest BCUT2D eigenvalue weighted by atomic mass is 35.5. The molecule has 0 unspecified atom stereocenters. The highest BCUT2D eigenvalue weighted by Gasteiger charge is 2.26. The van der Waals surface area contributed by atoms with Gasteiger partial charge < -0.3 is 10.2 Å². The fraction of sp³-hybridized carbons (Fsp3) is 0.278. The number of pyridine rings is 1. The molecule has 0 bridgehead atoms. The van der Waals surface area contributed by atoms with Gasteiger partial charge in [-0.05, 0) is 37.1 Å². The number of carbonyl (C=O) groups excluding carboxylic acids is 2. The van der Waals surface area contributed by atoms with Crippen LogP contribution in [-0.2, 0) is 0 Å². The molecule has 0 saturated carbocycles. The maximum absolute atomic E-state index is 13.8. The van der Waals surface area contributed by atoms with Gasteiger partial charge in [0.2, 0.25) is 0 Å². The Labute approximate surface area is 160 Å². The van der Waals surface area contributed by atoms with E-state index in [2.05, 4.69) is 10.3 Å². The number of halogens is 3. The fourth-order valence-electron chi connectivity index (χ4n) is 2.90. The molecular formula is C18H16Cl2FN3O2. The molecule has 1 saturated heterocycles. The lowest BCUT2D eigenvalue weighted by Gasteiger charge is -2.32. The summed E-state index contributed by atoms with van der Waals surface area (Å²) in [7, 11) is 0. The minimum Gasteiger partial charge on any atom is -0.349 e. The van der Waals surface area contributed by atoms with Crippen molar-refractivity contribution in [1.29, 1.82) is 0 Å². The summed E-state index contributed by atoms with van der Waals surface area (Å²) in [6.45, 7) is 0.881. The van der Waals surface area contributed by atoms with Gasteiger partial charge in [0.15, 0.2) is 0 Å². The van der Waals surface area contributed by atoms with Crippen LogP contribution in [0.5, 0.6) is 0 Å². The molecule has 136 valence electrons. The van der Waals surface area contributed by atoms with Crippen LogP contribution in [0.4, 0.5) is 4.39 Å². The van der Waals surface area contributed by atoms with Crippen LogP contribution in [-0.4, -0.2) is 40.8 Å². The molecule has 2 amide bonds. The van der Waals surface area contributed by atoms with Gasteiger partial charge in [0, 0.05) is 24.7 Å². The lowest BCUT2D eigenvalue weighted by Crippen LogP contribution is -2.46. The highest BCUT2D eigenvalue weighted by Crippen LogP contribution is 2.18. The Morgan fingerprint density at radius 2 is 1.73 bits per heavy atom. The van der Waals surface area contributed by atoms with Crippen LogP contribution in [0.15, 0.2) is 36.4 Å². The van der Waals surface area contributed by atoms with Crippen molar-refractivity contribution in [2.24, 2.45) is 0 Å². The van der Waals surface area contributed by atoms with E-state index in [0.717, 1.165) is 0 Å². The maximum atomic E-state index is 13.8. The van der Waals surface area contributed by atoms with Crippen LogP contribution in [0.1, 0.15) is 33.6 Å². The highest BCUT2D eigenvalue weighted by molar-refractivity contribution is 6.33. The molecule has 1 aromatic carbocycles. The molecule has 1 aromatic heterocycles. The van der Waals surface area contributed by atoms with Crippen LogP contribution < -0.4 is 5.32 Å². The van der Waals surface area contributed by atoms with Crippen molar-refractivity contribution in [1.82, 2.24) is 15.2 Å². The second kappa shape index (κ2) is 8.01. The normalized spacial score (nSPS) is 15.0. The molecule has 2 heterocycles. The minimum atomic E-state index is -0.528. The summed E-state index contributed by atoms with van der Waals surface area (Å²) in [6, 6.07) is 8.73. The molecule has 1 N–H and O–H groups in total. The first kappa shape index (κ1) is 18.6. The Bertz CT molecular complexity index is 819. The molecule has 8 heteroatoms. The molecule has 0 atom stereocenters. The van der Waals surface area contributed by atoms with Crippen LogP contribution in [0.3, 0.4) is 0 Å². The molecule has 1 fully saturated rings. The smallest absolute Gasteiger partial charge is 0.256 e. The van der Waals surface area contributed by atoms with Gasteiger partial charge in [-0.3, -0.25) is 9.59 Å². The number of piperidine rings is 1. The number of aromatic nitrogens is 1. The summed E-state index contributed by atoms with van der Waals surface area (Å²) in [4.78, 5) is 30.1. The third-order valence-corrected chi connectivity index (χ3v) is 4.63. The molecule has 1 aliphatic rings. The lowest BCUT2D eigenvalue weighted by molar-refractivity contribution is 0.0693. The van der Waals surface area contributed by atoms with Gasteiger partial charge in [-0.25, -0.2) is 9.37 Å². The predicted octanol–water partition coefficient (Wildman–Crippen LogP) is 3.56. The van der Waals surface area contributed by atoms with Gasteiger partial charge in [0.25, 0.3) is 11.8 Å². The maximum Gasteiger partial charge on any atom is 0.256 e. The molecule has 2 aromatic rings. The topological polar surface area (TPSA) is 62.3 Å². The summed E-state index contributed by atoms with van der Waals surface area (Å²) < 4.78 is 13.8. The first-order valence-electron chi connectivity index (χ1n) is 8.12. The van der Waals surface area contributed by atoms with E-state index in [9.17, 15) is 14.0 Å². The molecule has 0 radical (unpaired) electrons. The van der Waals surface area contributed by atoms with Gasteiger partial charge in [-0.1, -0.05) is 35.3 Å². The monoisotopic (exact) mass is 395 g/mol. The molecule has 3 rings (SSSR count). The van der Waals surface area contributed by atoms with E-state index < -0.39 is 5.82 Å². The summed E-state index contributed by atoms with van der Waals surface area (Å²) in [5.74, 6) is -1.16. The van der Waals surface area contributed by atoms with Gasteiger partial charge in [0.1, 0.15) is 16.1 Å². The number of likely N-dealkylation sites (tertiary alicyclic amines) is 1. The lowest BCUT2D eigenvalue weighted by atomic mass is 10.0. The van der Waals surface area contributed by atoms with Crippen molar-refractivity contribution in [2.45, 2.75) is 18.9 Å².